The van der Waals surface area contributed by atoms with E-state index < -0.39 is 12.1 Å². The molecule has 2 aromatic heterocycles. The molecule has 0 fully saturated rings. The highest BCUT2D eigenvalue weighted by Gasteiger charge is 2.15. The van der Waals surface area contributed by atoms with Crippen molar-refractivity contribution in [2.75, 3.05) is 12.4 Å². The highest BCUT2D eigenvalue weighted by atomic mass is 16.5. The average molecular weight is 312 g/mol. The van der Waals surface area contributed by atoms with E-state index in [4.69, 9.17) is 5.11 Å². The second kappa shape index (κ2) is 5.76. The zero-order valence-corrected chi connectivity index (χ0v) is 12.1. The molecular formula is C15H12N4O4. The van der Waals surface area contributed by atoms with Gasteiger partial charge in [-0.2, -0.15) is 5.10 Å². The monoisotopic (exact) mass is 312 g/mol. The largest absolute Gasteiger partial charge is 0.477 e. The first-order valence-corrected chi connectivity index (χ1v) is 6.61. The number of methoxy groups -OCH3 is 1. The molecule has 0 bridgehead atoms. The number of anilines is 1. The fourth-order valence-electron chi connectivity index (χ4n) is 2.19. The first-order valence-electron chi connectivity index (χ1n) is 6.61. The summed E-state index contributed by atoms with van der Waals surface area (Å²) in [7, 11) is 1.28. The number of rotatable bonds is 3. The van der Waals surface area contributed by atoms with Crippen LogP contribution in [0.25, 0.3) is 16.9 Å². The Morgan fingerprint density at radius 1 is 1.30 bits per heavy atom. The number of carboxylic acids is 1. The Kier molecular flexibility index (Phi) is 3.63. The Labute approximate surface area is 130 Å². The van der Waals surface area contributed by atoms with Crippen molar-refractivity contribution in [3.05, 3.63) is 48.3 Å². The number of hydrogen-bond donors (Lipinski definition) is 2. The SMILES string of the molecule is COC(=O)Nc1cccc(-c2ccnc3c(C(=O)O)cnn23)c1. The molecule has 2 heterocycles. The molecule has 0 saturated carbocycles. The Bertz CT molecular complexity index is 903. The first kappa shape index (κ1) is 14.5. The molecular weight excluding hydrogens is 300 g/mol. The molecule has 0 unspecified atom stereocenters. The van der Waals surface area contributed by atoms with E-state index in [1.54, 1.807) is 24.3 Å². The third-order valence-corrected chi connectivity index (χ3v) is 3.22. The van der Waals surface area contributed by atoms with Crippen LogP contribution in [0, 0.1) is 0 Å². The van der Waals surface area contributed by atoms with Crippen LogP contribution < -0.4 is 5.32 Å². The minimum Gasteiger partial charge on any atom is -0.477 e. The van der Waals surface area contributed by atoms with E-state index in [-0.39, 0.29) is 11.2 Å². The quantitative estimate of drug-likeness (QED) is 0.768. The van der Waals surface area contributed by atoms with Crippen molar-refractivity contribution in [3.8, 4) is 11.3 Å². The summed E-state index contributed by atoms with van der Waals surface area (Å²) in [5, 5.41) is 15.8. The Morgan fingerprint density at radius 2 is 2.13 bits per heavy atom. The Balaban J connectivity index is 2.08. The minimum atomic E-state index is -1.09. The number of aromatic nitrogens is 3. The van der Waals surface area contributed by atoms with E-state index in [1.165, 1.54) is 24.0 Å². The summed E-state index contributed by atoms with van der Waals surface area (Å²) in [6.45, 7) is 0. The number of fused-ring (bicyclic) bond motifs is 1. The molecule has 3 aromatic rings. The van der Waals surface area contributed by atoms with Crippen molar-refractivity contribution in [2.45, 2.75) is 0 Å². The molecule has 1 amide bonds. The summed E-state index contributed by atoms with van der Waals surface area (Å²) in [6.07, 6.45) is 2.19. The highest BCUT2D eigenvalue weighted by Crippen LogP contribution is 2.23. The fraction of sp³-hybridized carbons (Fsp3) is 0.0667. The van der Waals surface area contributed by atoms with Gasteiger partial charge in [-0.05, 0) is 18.2 Å². The van der Waals surface area contributed by atoms with Crippen LogP contribution in [-0.2, 0) is 4.74 Å². The lowest BCUT2D eigenvalue weighted by molar-refractivity contribution is 0.0698. The molecule has 116 valence electrons. The number of nitrogens with zero attached hydrogens (tertiary/aromatic N) is 3. The molecule has 1 aromatic carbocycles. The van der Waals surface area contributed by atoms with Crippen molar-refractivity contribution >= 4 is 23.4 Å². The van der Waals surface area contributed by atoms with Gasteiger partial charge in [0.05, 0.1) is 19.0 Å². The number of nitrogens with one attached hydrogen (secondary N) is 1. The molecule has 8 nitrogen and oxygen atoms in total. The minimum absolute atomic E-state index is 0.0238. The molecule has 0 aliphatic heterocycles. The Morgan fingerprint density at radius 3 is 2.87 bits per heavy atom. The van der Waals surface area contributed by atoms with Crippen LogP contribution in [0.15, 0.2) is 42.7 Å². The predicted molar refractivity (Wildman–Crippen MR) is 81.4 cm³/mol. The summed E-state index contributed by atoms with van der Waals surface area (Å²) in [5.74, 6) is -1.09. The summed E-state index contributed by atoms with van der Waals surface area (Å²) in [4.78, 5) is 26.5. The zero-order chi connectivity index (χ0) is 16.4. The van der Waals surface area contributed by atoms with Crippen LogP contribution >= 0.6 is 0 Å². The van der Waals surface area contributed by atoms with E-state index >= 15 is 0 Å². The van der Waals surface area contributed by atoms with Crippen LogP contribution in [0.3, 0.4) is 0 Å². The molecule has 8 heteroatoms. The van der Waals surface area contributed by atoms with Gasteiger partial charge in [0.2, 0.25) is 0 Å². The average Bonchev–Trinajstić information content (AvgIpc) is 2.99. The smallest absolute Gasteiger partial charge is 0.411 e. The number of carbonyl (C=O) groups is 2. The lowest BCUT2D eigenvalue weighted by atomic mass is 10.1. The molecule has 23 heavy (non-hydrogen) atoms. The predicted octanol–water partition coefficient (Wildman–Crippen LogP) is 2.27. The molecule has 0 radical (unpaired) electrons. The second-order valence-electron chi connectivity index (χ2n) is 4.63. The number of hydrogen-bond acceptors (Lipinski definition) is 5. The number of benzene rings is 1. The molecule has 2 N–H and O–H groups in total. The molecule has 0 aliphatic carbocycles. The van der Waals surface area contributed by atoms with Gasteiger partial charge in [0.1, 0.15) is 5.56 Å². The highest BCUT2D eigenvalue weighted by molar-refractivity contribution is 5.94. The van der Waals surface area contributed by atoms with Crippen LogP contribution in [0.1, 0.15) is 10.4 Å². The van der Waals surface area contributed by atoms with Crippen molar-refractivity contribution < 1.29 is 19.4 Å². The first-order chi connectivity index (χ1) is 11.1. The summed E-state index contributed by atoms with van der Waals surface area (Å²) in [6, 6.07) is 8.73. The van der Waals surface area contributed by atoms with Crippen molar-refractivity contribution in [3.63, 3.8) is 0 Å². The van der Waals surface area contributed by atoms with Gasteiger partial charge in [0.15, 0.2) is 5.65 Å². The van der Waals surface area contributed by atoms with Crippen molar-refractivity contribution in [2.24, 2.45) is 0 Å². The maximum absolute atomic E-state index is 11.3. The maximum atomic E-state index is 11.3. The van der Waals surface area contributed by atoms with Crippen molar-refractivity contribution in [1.82, 2.24) is 14.6 Å². The van der Waals surface area contributed by atoms with Gasteiger partial charge in [-0.1, -0.05) is 12.1 Å². The van der Waals surface area contributed by atoms with Gasteiger partial charge < -0.3 is 9.84 Å². The molecule has 0 aliphatic rings. The second-order valence-corrected chi connectivity index (χ2v) is 4.63. The number of carboxylic acid groups (broad SMARTS) is 1. The number of amides is 1. The van der Waals surface area contributed by atoms with E-state index in [0.717, 1.165) is 5.56 Å². The van der Waals surface area contributed by atoms with Gasteiger partial charge in [-0.25, -0.2) is 19.1 Å². The molecule has 0 atom stereocenters. The van der Waals surface area contributed by atoms with Crippen LogP contribution in [0.2, 0.25) is 0 Å². The number of aromatic carboxylic acids is 1. The lowest BCUT2D eigenvalue weighted by Crippen LogP contribution is -2.10. The van der Waals surface area contributed by atoms with Gasteiger partial charge in [-0.3, -0.25) is 5.32 Å². The van der Waals surface area contributed by atoms with Crippen LogP contribution in [0.5, 0.6) is 0 Å². The lowest BCUT2D eigenvalue weighted by Gasteiger charge is -2.08. The van der Waals surface area contributed by atoms with Crippen LogP contribution in [0.4, 0.5) is 10.5 Å². The van der Waals surface area contributed by atoms with Gasteiger partial charge in [-0.15, -0.1) is 0 Å². The maximum Gasteiger partial charge on any atom is 0.411 e. The molecule has 0 saturated heterocycles. The Hall–Kier alpha value is -3.42. The third kappa shape index (κ3) is 2.69. The van der Waals surface area contributed by atoms with E-state index in [9.17, 15) is 9.59 Å². The fourth-order valence-corrected chi connectivity index (χ4v) is 2.19. The standard InChI is InChI=1S/C15H12N4O4/c1-23-15(22)18-10-4-2-3-9(7-10)12-5-6-16-13-11(14(20)21)8-17-19(12)13/h2-8H,1H3,(H,18,22)(H,20,21). The molecule has 0 spiro atoms. The summed E-state index contributed by atoms with van der Waals surface area (Å²) in [5.41, 5.74) is 2.21. The van der Waals surface area contributed by atoms with Gasteiger partial charge in [0.25, 0.3) is 0 Å². The molecule has 3 rings (SSSR count). The summed E-state index contributed by atoms with van der Waals surface area (Å²) < 4.78 is 6.00. The topological polar surface area (TPSA) is 106 Å². The van der Waals surface area contributed by atoms with E-state index in [2.05, 4.69) is 20.1 Å². The van der Waals surface area contributed by atoms with Gasteiger partial charge in [0, 0.05) is 17.4 Å². The zero-order valence-electron chi connectivity index (χ0n) is 12.1. The van der Waals surface area contributed by atoms with Crippen molar-refractivity contribution in [1.29, 1.82) is 0 Å². The third-order valence-electron chi connectivity index (χ3n) is 3.22. The van der Waals surface area contributed by atoms with E-state index in [0.29, 0.717) is 11.4 Å². The normalized spacial score (nSPS) is 10.5. The van der Waals surface area contributed by atoms with Gasteiger partial charge >= 0.3 is 12.1 Å². The number of carbonyl (C=O) groups excluding carboxylic acids is 1. The number of ether oxygens (including phenoxy) is 1. The summed E-state index contributed by atoms with van der Waals surface area (Å²) >= 11 is 0. The van der Waals surface area contributed by atoms with Crippen LogP contribution in [-0.4, -0.2) is 38.9 Å². The van der Waals surface area contributed by atoms with E-state index in [1.807, 2.05) is 6.07 Å².